The molecule has 1 unspecified atom stereocenters. The van der Waals surface area contributed by atoms with Crippen LogP contribution in [0.3, 0.4) is 0 Å². The van der Waals surface area contributed by atoms with Crippen molar-refractivity contribution in [3.8, 4) is 0 Å². The molecule has 8 nitrogen and oxygen atoms in total. The zero-order chi connectivity index (χ0) is 32.2. The van der Waals surface area contributed by atoms with Crippen LogP contribution in [0.25, 0.3) is 0 Å². The molecule has 0 saturated carbocycles. The predicted molar refractivity (Wildman–Crippen MR) is 148 cm³/mol. The highest BCUT2D eigenvalue weighted by molar-refractivity contribution is 5.70. The normalized spacial score (nSPS) is 25.5. The molecule has 4 atom stereocenters. The molecule has 2 heterocycles. The first kappa shape index (κ1) is 33.5. The van der Waals surface area contributed by atoms with Crippen molar-refractivity contribution in [2.24, 2.45) is 11.3 Å². The largest absolute Gasteiger partial charge is 0.466 e. The van der Waals surface area contributed by atoms with Crippen LogP contribution < -0.4 is 11.0 Å². The average molecular weight is 631 g/mol. The van der Waals surface area contributed by atoms with Gasteiger partial charge in [0.05, 0.1) is 37.2 Å². The number of benzene rings is 1. The maximum absolute atomic E-state index is 13.6. The van der Waals surface area contributed by atoms with E-state index in [0.29, 0.717) is 25.8 Å². The summed E-state index contributed by atoms with van der Waals surface area (Å²) in [5, 5.41) is 9.65. The minimum Gasteiger partial charge on any atom is -0.466 e. The van der Waals surface area contributed by atoms with Crippen molar-refractivity contribution in [1.29, 1.82) is 0 Å². The third kappa shape index (κ3) is 8.00. The fraction of sp³-hybridized carbons (Fsp3) is 0.567. The van der Waals surface area contributed by atoms with E-state index in [-0.39, 0.29) is 31.8 Å². The Labute approximate surface area is 250 Å². The average Bonchev–Trinajstić information content (AvgIpc) is 3.27. The predicted octanol–water partition coefficient (Wildman–Crippen LogP) is 5.58. The molecule has 1 aliphatic heterocycles. The van der Waals surface area contributed by atoms with Gasteiger partial charge in [0.15, 0.2) is 0 Å². The molecule has 2 N–H and O–H groups in total. The van der Waals surface area contributed by atoms with Gasteiger partial charge in [0, 0.05) is 17.5 Å². The number of aromatic amines is 1. The Balaban J connectivity index is 1.63. The molecule has 0 radical (unpaired) electrons. The topological polar surface area (TPSA) is 98.2 Å². The number of aromatic nitrogens is 3. The Morgan fingerprint density at radius 2 is 1.86 bits per heavy atom. The number of alkyl halides is 6. The number of hydrogen-bond donors (Lipinski definition) is 2. The summed E-state index contributed by atoms with van der Waals surface area (Å²) in [4.78, 5) is 25.0. The lowest BCUT2D eigenvalue weighted by molar-refractivity contribution is -0.166. The number of carbonyl (C=O) groups is 1. The smallest absolute Gasteiger partial charge is 0.412 e. The summed E-state index contributed by atoms with van der Waals surface area (Å²) in [6.45, 7) is 3.79. The molecular weight excluding hydrogens is 594 g/mol. The third-order valence-corrected chi connectivity index (χ3v) is 8.48. The number of H-pyrrole nitrogens is 1. The van der Waals surface area contributed by atoms with Gasteiger partial charge in [-0.2, -0.15) is 31.4 Å². The van der Waals surface area contributed by atoms with Crippen molar-refractivity contribution in [3.63, 3.8) is 0 Å². The lowest BCUT2D eigenvalue weighted by Gasteiger charge is -2.37. The van der Waals surface area contributed by atoms with Gasteiger partial charge in [-0.05, 0) is 63.3 Å². The maximum atomic E-state index is 13.6. The molecule has 0 bridgehead atoms. The summed E-state index contributed by atoms with van der Waals surface area (Å²) in [6.07, 6.45) is -7.82. The van der Waals surface area contributed by atoms with Crippen LogP contribution >= 0.6 is 0 Å². The van der Waals surface area contributed by atoms with E-state index in [2.05, 4.69) is 15.5 Å². The molecule has 2 aromatic rings. The second kappa shape index (κ2) is 13.3. The zero-order valence-electron chi connectivity index (χ0n) is 24.4. The monoisotopic (exact) mass is 630 g/mol. The molecule has 14 heteroatoms. The van der Waals surface area contributed by atoms with Gasteiger partial charge < -0.3 is 14.8 Å². The first-order chi connectivity index (χ1) is 20.7. The quantitative estimate of drug-likeness (QED) is 0.263. The van der Waals surface area contributed by atoms with Crippen LogP contribution in [0.4, 0.5) is 26.3 Å². The summed E-state index contributed by atoms with van der Waals surface area (Å²) in [6, 6.07) is 9.18. The lowest BCUT2D eigenvalue weighted by atomic mass is 9.74. The summed E-state index contributed by atoms with van der Waals surface area (Å²) in [5.41, 5.74) is -2.69. The van der Waals surface area contributed by atoms with E-state index < -0.39 is 59.0 Å². The van der Waals surface area contributed by atoms with E-state index in [9.17, 15) is 35.9 Å². The number of rotatable bonds is 10. The van der Waals surface area contributed by atoms with E-state index in [1.165, 1.54) is 17.8 Å². The standard InChI is InChI=1S/C30H36F6N4O4/c1-3-43-25(41)16-27(17-40-19-38-39-26(40)42)9-10-28(37-12-11-27,22-7-5-4-6-8-22)18-44-20(2)21-13-23(29(31,32)33)15-24(14-21)30(34,35)36/h4-8,13-14,19-20,23,37H,3,9-12,15-18H2,1-2H3,(H,39,42)/t20-,23?,27+,28-/m1/s1. The van der Waals surface area contributed by atoms with Crippen molar-refractivity contribution in [2.45, 2.75) is 76.5 Å². The Bertz CT molecular complexity index is 1400. The summed E-state index contributed by atoms with van der Waals surface area (Å²) in [5.74, 6) is -2.70. The van der Waals surface area contributed by atoms with E-state index in [1.54, 1.807) is 6.92 Å². The summed E-state index contributed by atoms with van der Waals surface area (Å²) >= 11 is 0. The maximum Gasteiger partial charge on any atom is 0.412 e. The highest BCUT2D eigenvalue weighted by Crippen LogP contribution is 2.44. The van der Waals surface area contributed by atoms with Crippen molar-refractivity contribution < 1.29 is 40.6 Å². The number of hydrogen-bond acceptors (Lipinski definition) is 6. The first-order valence-electron chi connectivity index (χ1n) is 14.4. The van der Waals surface area contributed by atoms with Gasteiger partial charge in [0.2, 0.25) is 0 Å². The zero-order valence-corrected chi connectivity index (χ0v) is 24.4. The number of halogens is 6. The fourth-order valence-electron chi connectivity index (χ4n) is 5.98. The van der Waals surface area contributed by atoms with Gasteiger partial charge in [-0.1, -0.05) is 36.4 Å². The number of esters is 1. The molecule has 1 aromatic heterocycles. The number of nitrogens with zero attached hydrogens (tertiary/aromatic N) is 2. The molecule has 1 fully saturated rings. The first-order valence-corrected chi connectivity index (χ1v) is 14.4. The number of carbonyl (C=O) groups excluding carboxylic acids is 1. The number of nitrogens with one attached hydrogen (secondary N) is 2. The number of allylic oxidation sites excluding steroid dienone is 2. The van der Waals surface area contributed by atoms with Crippen LogP contribution in [-0.4, -0.2) is 58.9 Å². The molecule has 1 aromatic carbocycles. The van der Waals surface area contributed by atoms with Crippen LogP contribution in [0.5, 0.6) is 0 Å². The van der Waals surface area contributed by atoms with Crippen LogP contribution in [0, 0.1) is 11.3 Å². The molecule has 1 aliphatic carbocycles. The van der Waals surface area contributed by atoms with Gasteiger partial charge in [-0.15, -0.1) is 0 Å². The molecule has 1 saturated heterocycles. The molecule has 44 heavy (non-hydrogen) atoms. The van der Waals surface area contributed by atoms with Crippen molar-refractivity contribution in [3.05, 3.63) is 76.0 Å². The second-order valence-electron chi connectivity index (χ2n) is 11.5. The van der Waals surface area contributed by atoms with Crippen LogP contribution in [0.2, 0.25) is 0 Å². The van der Waals surface area contributed by atoms with Gasteiger partial charge in [-0.3, -0.25) is 9.36 Å². The minimum absolute atomic E-state index is 0.0268. The highest BCUT2D eigenvalue weighted by atomic mass is 19.4. The van der Waals surface area contributed by atoms with Gasteiger partial charge in [0.25, 0.3) is 0 Å². The Morgan fingerprint density at radius 3 is 2.48 bits per heavy atom. The van der Waals surface area contributed by atoms with Crippen molar-refractivity contribution >= 4 is 5.97 Å². The molecular formula is C30H36F6N4O4. The van der Waals surface area contributed by atoms with Crippen LogP contribution in [0.15, 0.2) is 64.8 Å². The van der Waals surface area contributed by atoms with E-state index in [1.807, 2.05) is 30.3 Å². The van der Waals surface area contributed by atoms with Crippen LogP contribution in [0.1, 0.15) is 51.5 Å². The van der Waals surface area contributed by atoms with Crippen molar-refractivity contribution in [2.75, 3.05) is 19.8 Å². The summed E-state index contributed by atoms with van der Waals surface area (Å²) in [7, 11) is 0. The van der Waals surface area contributed by atoms with E-state index in [4.69, 9.17) is 9.47 Å². The number of ether oxygens (including phenoxy) is 2. The molecule has 0 amide bonds. The molecule has 0 spiro atoms. The van der Waals surface area contributed by atoms with Gasteiger partial charge >= 0.3 is 24.0 Å². The minimum atomic E-state index is -4.91. The SMILES string of the molecule is CCOC(=O)C[C@@]1(Cn2cn[nH]c2=O)CCN[C@](CO[C@H](C)C2=CC(C(F)(F)F)CC(C(F)(F)F)=C2)(c2ccccc2)CC1. The molecule has 2 aliphatic rings. The highest BCUT2D eigenvalue weighted by Gasteiger charge is 2.47. The van der Waals surface area contributed by atoms with Crippen molar-refractivity contribution in [1.82, 2.24) is 20.1 Å². The van der Waals surface area contributed by atoms with E-state index >= 15 is 0 Å². The molecule has 242 valence electrons. The Kier molecular flexibility index (Phi) is 10.1. The van der Waals surface area contributed by atoms with Gasteiger partial charge in [-0.25, -0.2) is 9.89 Å². The Hall–Kier alpha value is -3.39. The fourth-order valence-corrected chi connectivity index (χ4v) is 5.98. The third-order valence-electron chi connectivity index (χ3n) is 8.48. The van der Waals surface area contributed by atoms with Gasteiger partial charge in [0.1, 0.15) is 6.33 Å². The van der Waals surface area contributed by atoms with Crippen LogP contribution in [-0.2, 0) is 26.4 Å². The summed E-state index contributed by atoms with van der Waals surface area (Å²) < 4.78 is 94.1. The second-order valence-corrected chi connectivity index (χ2v) is 11.5. The van der Waals surface area contributed by atoms with E-state index in [0.717, 1.165) is 17.7 Å². The molecule has 4 rings (SSSR count). The lowest BCUT2D eigenvalue weighted by Crippen LogP contribution is -2.46. The Morgan fingerprint density at radius 1 is 1.14 bits per heavy atom.